The summed E-state index contributed by atoms with van der Waals surface area (Å²) in [4.78, 5) is 14.5. The van der Waals surface area contributed by atoms with E-state index >= 15 is 0 Å². The lowest BCUT2D eigenvalue weighted by Gasteiger charge is -2.32. The summed E-state index contributed by atoms with van der Waals surface area (Å²) >= 11 is 0. The van der Waals surface area contributed by atoms with Crippen LogP contribution >= 0.6 is 0 Å². The van der Waals surface area contributed by atoms with E-state index in [9.17, 15) is 10.1 Å². The molecule has 20 heavy (non-hydrogen) atoms. The van der Waals surface area contributed by atoms with Gasteiger partial charge in [-0.15, -0.1) is 0 Å². The van der Waals surface area contributed by atoms with Crippen LogP contribution in [0.3, 0.4) is 0 Å². The Kier molecular flexibility index (Phi) is 3.47. The maximum atomic E-state index is 11.0. The summed E-state index contributed by atoms with van der Waals surface area (Å²) in [6.45, 7) is 7.71. The molecular weight excluding hydrogens is 261 g/mol. The molecule has 0 radical (unpaired) electrons. The van der Waals surface area contributed by atoms with E-state index in [1.807, 2.05) is 27.7 Å². The Labute approximate surface area is 118 Å². The molecule has 0 bridgehead atoms. The second-order valence-corrected chi connectivity index (χ2v) is 5.72. The highest BCUT2D eigenvalue weighted by Crippen LogP contribution is 2.37. The summed E-state index contributed by atoms with van der Waals surface area (Å²) < 4.78 is 11.8. The molecule has 0 atom stereocenters. The molecule has 0 spiro atoms. The third-order valence-electron chi connectivity index (χ3n) is 3.91. The third-order valence-corrected chi connectivity index (χ3v) is 3.91. The van der Waals surface area contributed by atoms with Crippen LogP contribution < -0.4 is 10.8 Å². The standard InChI is InChI=1S/C12H18BN3O4/c1-11(2)12(3,4)20-13(19-11)8-6-15-7-9(16(17)18)10(8)14-5/h6-7H,1-5H3,(H,14,15). The van der Waals surface area contributed by atoms with Gasteiger partial charge in [0, 0.05) is 18.7 Å². The van der Waals surface area contributed by atoms with Gasteiger partial charge < -0.3 is 14.6 Å². The Morgan fingerprint density at radius 1 is 1.25 bits per heavy atom. The Bertz CT molecular complexity index is 532. The first-order valence-electron chi connectivity index (χ1n) is 6.35. The molecular formula is C12H18BN3O4. The molecule has 1 aromatic rings. The van der Waals surface area contributed by atoms with Gasteiger partial charge in [0.15, 0.2) is 0 Å². The minimum Gasteiger partial charge on any atom is -0.399 e. The first kappa shape index (κ1) is 14.7. The van der Waals surface area contributed by atoms with Gasteiger partial charge in [-0.05, 0) is 27.7 Å². The average molecular weight is 279 g/mol. The molecule has 2 rings (SSSR count). The number of rotatable bonds is 3. The Balaban J connectivity index is 2.45. The number of nitro groups is 1. The van der Waals surface area contributed by atoms with Gasteiger partial charge in [0.05, 0.1) is 16.1 Å². The Morgan fingerprint density at radius 3 is 2.25 bits per heavy atom. The summed E-state index contributed by atoms with van der Waals surface area (Å²) in [7, 11) is 0.937. The zero-order chi connectivity index (χ0) is 15.1. The van der Waals surface area contributed by atoms with E-state index in [1.54, 1.807) is 7.05 Å². The van der Waals surface area contributed by atoms with Crippen LogP contribution in [0.25, 0.3) is 0 Å². The van der Waals surface area contributed by atoms with Crippen LogP contribution in [0.2, 0.25) is 0 Å². The number of anilines is 1. The van der Waals surface area contributed by atoms with Crippen molar-refractivity contribution in [2.24, 2.45) is 0 Å². The van der Waals surface area contributed by atoms with E-state index in [2.05, 4.69) is 10.3 Å². The summed E-state index contributed by atoms with van der Waals surface area (Å²) in [5, 5.41) is 13.9. The van der Waals surface area contributed by atoms with E-state index in [0.717, 1.165) is 0 Å². The van der Waals surface area contributed by atoms with Crippen molar-refractivity contribution in [2.45, 2.75) is 38.9 Å². The molecule has 0 aromatic carbocycles. The fraction of sp³-hybridized carbons (Fsp3) is 0.583. The molecule has 1 N–H and O–H groups in total. The zero-order valence-corrected chi connectivity index (χ0v) is 12.3. The molecule has 7 nitrogen and oxygen atoms in total. The molecule has 0 unspecified atom stereocenters. The fourth-order valence-corrected chi connectivity index (χ4v) is 2.02. The molecule has 1 fully saturated rings. The molecule has 1 aliphatic rings. The van der Waals surface area contributed by atoms with Gasteiger partial charge in [0.2, 0.25) is 0 Å². The summed E-state index contributed by atoms with van der Waals surface area (Å²) in [6, 6.07) is 0. The monoisotopic (exact) mass is 279 g/mol. The second kappa shape index (κ2) is 4.71. The average Bonchev–Trinajstić information content (AvgIpc) is 2.57. The summed E-state index contributed by atoms with van der Waals surface area (Å²) in [5.74, 6) is 0. The van der Waals surface area contributed by atoms with Crippen molar-refractivity contribution in [3.05, 3.63) is 22.5 Å². The van der Waals surface area contributed by atoms with Crippen molar-refractivity contribution < 1.29 is 14.2 Å². The van der Waals surface area contributed by atoms with Gasteiger partial charge in [-0.25, -0.2) is 0 Å². The van der Waals surface area contributed by atoms with E-state index in [1.165, 1.54) is 12.4 Å². The number of nitrogens with zero attached hydrogens (tertiary/aromatic N) is 2. The van der Waals surface area contributed by atoms with Gasteiger partial charge in [-0.1, -0.05) is 0 Å². The number of pyridine rings is 1. The van der Waals surface area contributed by atoms with Crippen LogP contribution in [0.1, 0.15) is 27.7 Å². The first-order valence-corrected chi connectivity index (χ1v) is 6.35. The van der Waals surface area contributed by atoms with Crippen LogP contribution in [-0.4, -0.2) is 35.3 Å². The van der Waals surface area contributed by atoms with Gasteiger partial charge in [-0.3, -0.25) is 15.1 Å². The predicted molar refractivity (Wildman–Crippen MR) is 76.2 cm³/mol. The zero-order valence-electron chi connectivity index (χ0n) is 12.3. The van der Waals surface area contributed by atoms with Gasteiger partial charge in [0.25, 0.3) is 0 Å². The lowest BCUT2D eigenvalue weighted by Crippen LogP contribution is -2.41. The highest BCUT2D eigenvalue weighted by atomic mass is 16.7. The SMILES string of the molecule is CNc1c(B2OC(C)(C)C(C)(C)O2)cncc1[N+](=O)[O-]. The summed E-state index contributed by atoms with van der Waals surface area (Å²) in [5.41, 5.74) is -0.218. The van der Waals surface area contributed by atoms with E-state index < -0.39 is 23.2 Å². The van der Waals surface area contributed by atoms with Crippen LogP contribution in [0.15, 0.2) is 12.4 Å². The molecule has 108 valence electrons. The Hall–Kier alpha value is -1.67. The van der Waals surface area contributed by atoms with Crippen molar-refractivity contribution in [2.75, 3.05) is 12.4 Å². The third kappa shape index (κ3) is 2.25. The predicted octanol–water partition coefficient (Wildman–Crippen LogP) is 1.33. The van der Waals surface area contributed by atoms with E-state index in [-0.39, 0.29) is 5.69 Å². The molecule has 0 aliphatic carbocycles. The maximum absolute atomic E-state index is 11.0. The smallest absolute Gasteiger partial charge is 0.399 e. The first-order chi connectivity index (χ1) is 9.19. The largest absolute Gasteiger partial charge is 0.498 e. The van der Waals surface area contributed by atoms with E-state index in [0.29, 0.717) is 11.2 Å². The lowest BCUT2D eigenvalue weighted by atomic mass is 9.78. The van der Waals surface area contributed by atoms with Crippen LogP contribution in [0.5, 0.6) is 0 Å². The topological polar surface area (TPSA) is 86.5 Å². The van der Waals surface area contributed by atoms with Crippen molar-refractivity contribution in [3.8, 4) is 0 Å². The number of aromatic nitrogens is 1. The maximum Gasteiger partial charge on any atom is 0.498 e. The molecule has 2 heterocycles. The quantitative estimate of drug-likeness (QED) is 0.510. The van der Waals surface area contributed by atoms with Crippen molar-refractivity contribution >= 4 is 24.0 Å². The minimum absolute atomic E-state index is 0.0975. The number of hydrogen-bond donors (Lipinski definition) is 1. The molecule has 1 aliphatic heterocycles. The molecule has 1 aromatic heterocycles. The van der Waals surface area contributed by atoms with Gasteiger partial charge in [0.1, 0.15) is 11.9 Å². The molecule has 0 amide bonds. The second-order valence-electron chi connectivity index (χ2n) is 5.72. The van der Waals surface area contributed by atoms with Crippen molar-refractivity contribution in [3.63, 3.8) is 0 Å². The molecule has 0 saturated carbocycles. The van der Waals surface area contributed by atoms with Gasteiger partial charge in [-0.2, -0.15) is 0 Å². The number of nitrogens with one attached hydrogen (secondary N) is 1. The van der Waals surface area contributed by atoms with E-state index in [4.69, 9.17) is 9.31 Å². The Morgan fingerprint density at radius 2 is 1.80 bits per heavy atom. The van der Waals surface area contributed by atoms with Gasteiger partial charge >= 0.3 is 12.8 Å². The van der Waals surface area contributed by atoms with Crippen molar-refractivity contribution in [1.82, 2.24) is 4.98 Å². The highest BCUT2D eigenvalue weighted by molar-refractivity contribution is 6.64. The van der Waals surface area contributed by atoms with Crippen molar-refractivity contribution in [1.29, 1.82) is 0 Å². The molecule has 1 saturated heterocycles. The lowest BCUT2D eigenvalue weighted by molar-refractivity contribution is -0.384. The number of hydrogen-bond acceptors (Lipinski definition) is 6. The van der Waals surface area contributed by atoms with Crippen LogP contribution in [0.4, 0.5) is 11.4 Å². The molecule has 8 heteroatoms. The van der Waals surface area contributed by atoms with Crippen LogP contribution in [0, 0.1) is 10.1 Å². The highest BCUT2D eigenvalue weighted by Gasteiger charge is 2.52. The minimum atomic E-state index is -0.685. The normalized spacial score (nSPS) is 19.9. The fourth-order valence-electron chi connectivity index (χ4n) is 2.02. The summed E-state index contributed by atoms with van der Waals surface area (Å²) in [6.07, 6.45) is 2.74. The van der Waals surface area contributed by atoms with Crippen LogP contribution in [-0.2, 0) is 9.31 Å².